The number of thioether (sulfide) groups is 1. The molecule has 4 heteroatoms. The molecule has 0 bridgehead atoms. The van der Waals surface area contributed by atoms with Crippen LogP contribution in [0.1, 0.15) is 38.2 Å². The van der Waals surface area contributed by atoms with Gasteiger partial charge in [-0.1, -0.05) is 25.0 Å². The van der Waals surface area contributed by atoms with E-state index in [1.54, 1.807) is 11.8 Å². The van der Waals surface area contributed by atoms with Crippen molar-refractivity contribution in [3.8, 4) is 0 Å². The van der Waals surface area contributed by atoms with Crippen molar-refractivity contribution in [1.82, 2.24) is 4.90 Å². The topological polar surface area (TPSA) is 40.5 Å². The van der Waals surface area contributed by atoms with Gasteiger partial charge in [0.15, 0.2) is 0 Å². The van der Waals surface area contributed by atoms with E-state index in [0.717, 1.165) is 36.4 Å². The Labute approximate surface area is 125 Å². The zero-order valence-electron chi connectivity index (χ0n) is 12.0. The molecule has 1 aromatic carbocycles. The van der Waals surface area contributed by atoms with Crippen molar-refractivity contribution in [2.75, 3.05) is 13.1 Å². The maximum atomic E-state index is 12.4. The summed E-state index contributed by atoms with van der Waals surface area (Å²) in [6, 6.07) is 7.77. The molecule has 0 aromatic heterocycles. The van der Waals surface area contributed by atoms with Gasteiger partial charge in [-0.3, -0.25) is 4.79 Å². The number of rotatable bonds is 4. The molecular formula is C16H23NO2S. The second-order valence-electron chi connectivity index (χ2n) is 5.30. The molecule has 0 spiro atoms. The molecule has 1 aliphatic heterocycles. The van der Waals surface area contributed by atoms with Crippen LogP contribution >= 0.6 is 11.8 Å². The minimum atomic E-state index is -0.0481. The van der Waals surface area contributed by atoms with Crippen molar-refractivity contribution in [3.63, 3.8) is 0 Å². The first-order valence-corrected chi connectivity index (χ1v) is 8.24. The van der Waals surface area contributed by atoms with E-state index in [4.69, 9.17) is 5.11 Å². The van der Waals surface area contributed by atoms with Crippen molar-refractivity contribution in [2.24, 2.45) is 0 Å². The summed E-state index contributed by atoms with van der Waals surface area (Å²) in [6.45, 7) is 3.87. The molecule has 20 heavy (non-hydrogen) atoms. The minimum Gasteiger partial charge on any atom is -0.392 e. The third-order valence-corrected chi connectivity index (χ3v) is 4.78. The van der Waals surface area contributed by atoms with E-state index >= 15 is 0 Å². The fourth-order valence-electron chi connectivity index (χ4n) is 2.48. The lowest BCUT2D eigenvalue weighted by Gasteiger charge is -2.23. The van der Waals surface area contributed by atoms with Crippen LogP contribution < -0.4 is 0 Å². The van der Waals surface area contributed by atoms with Gasteiger partial charge in [0.25, 0.3) is 0 Å². The lowest BCUT2D eigenvalue weighted by Crippen LogP contribution is -2.37. The summed E-state index contributed by atoms with van der Waals surface area (Å²) in [5.41, 5.74) is 0.904. The maximum absolute atomic E-state index is 12.4. The van der Waals surface area contributed by atoms with Crippen LogP contribution in [-0.2, 0) is 11.4 Å². The zero-order valence-corrected chi connectivity index (χ0v) is 12.9. The molecule has 1 unspecified atom stereocenters. The predicted octanol–water partition coefficient (Wildman–Crippen LogP) is 3.06. The molecule has 0 aliphatic carbocycles. The first-order valence-electron chi connectivity index (χ1n) is 7.36. The fraction of sp³-hybridized carbons (Fsp3) is 0.562. The quantitative estimate of drug-likeness (QED) is 0.867. The van der Waals surface area contributed by atoms with E-state index in [-0.39, 0.29) is 17.8 Å². The van der Waals surface area contributed by atoms with Crippen LogP contribution in [0.2, 0.25) is 0 Å². The van der Waals surface area contributed by atoms with Gasteiger partial charge in [-0.25, -0.2) is 0 Å². The summed E-state index contributed by atoms with van der Waals surface area (Å²) in [5.74, 6) is 0.253. The highest BCUT2D eigenvalue weighted by Crippen LogP contribution is 2.25. The molecule has 1 heterocycles. The van der Waals surface area contributed by atoms with Crippen LogP contribution in [0.25, 0.3) is 0 Å². The molecular weight excluding hydrogens is 270 g/mol. The second kappa shape index (κ2) is 7.70. The standard InChI is InChI=1S/C16H23NO2S/c1-13(16(19)17-10-4-2-3-5-11-17)20-15-8-6-14(12-18)7-9-15/h6-9,13,18H,2-5,10-12H2,1H3. The highest BCUT2D eigenvalue weighted by Gasteiger charge is 2.22. The van der Waals surface area contributed by atoms with Crippen molar-refractivity contribution in [1.29, 1.82) is 0 Å². The lowest BCUT2D eigenvalue weighted by atomic mass is 10.2. The van der Waals surface area contributed by atoms with Crippen LogP contribution in [0, 0.1) is 0 Å². The summed E-state index contributed by atoms with van der Waals surface area (Å²) >= 11 is 1.60. The average Bonchev–Trinajstić information content (AvgIpc) is 2.76. The van der Waals surface area contributed by atoms with E-state index in [1.165, 1.54) is 12.8 Å². The summed E-state index contributed by atoms with van der Waals surface area (Å²) in [5, 5.41) is 8.98. The summed E-state index contributed by atoms with van der Waals surface area (Å²) in [4.78, 5) is 15.5. The predicted molar refractivity (Wildman–Crippen MR) is 82.7 cm³/mol. The van der Waals surface area contributed by atoms with Crippen molar-refractivity contribution < 1.29 is 9.90 Å². The van der Waals surface area contributed by atoms with Gasteiger partial charge in [-0.2, -0.15) is 0 Å². The fourth-order valence-corrected chi connectivity index (χ4v) is 3.43. The third kappa shape index (κ3) is 4.25. The van der Waals surface area contributed by atoms with Crippen molar-refractivity contribution >= 4 is 17.7 Å². The van der Waals surface area contributed by atoms with Gasteiger partial charge < -0.3 is 10.0 Å². The molecule has 1 aromatic rings. The minimum absolute atomic E-state index is 0.0481. The van der Waals surface area contributed by atoms with Gasteiger partial charge in [-0.05, 0) is 37.5 Å². The van der Waals surface area contributed by atoms with Gasteiger partial charge in [0.2, 0.25) is 5.91 Å². The highest BCUT2D eigenvalue weighted by atomic mass is 32.2. The largest absolute Gasteiger partial charge is 0.392 e. The molecule has 0 saturated carbocycles. The van der Waals surface area contributed by atoms with Gasteiger partial charge in [0, 0.05) is 18.0 Å². The number of amides is 1. The molecule has 1 fully saturated rings. The van der Waals surface area contributed by atoms with Crippen LogP contribution in [-0.4, -0.2) is 34.3 Å². The monoisotopic (exact) mass is 293 g/mol. The average molecular weight is 293 g/mol. The smallest absolute Gasteiger partial charge is 0.235 e. The lowest BCUT2D eigenvalue weighted by molar-refractivity contribution is -0.130. The number of aliphatic hydroxyl groups excluding tert-OH is 1. The van der Waals surface area contributed by atoms with Crippen LogP contribution in [0.15, 0.2) is 29.2 Å². The Morgan fingerprint density at radius 1 is 1.20 bits per heavy atom. The van der Waals surface area contributed by atoms with E-state index < -0.39 is 0 Å². The molecule has 1 amide bonds. The van der Waals surface area contributed by atoms with E-state index in [1.807, 2.05) is 36.1 Å². The number of carbonyl (C=O) groups is 1. The Kier molecular flexibility index (Phi) is 5.92. The summed E-state index contributed by atoms with van der Waals surface area (Å²) < 4.78 is 0. The van der Waals surface area contributed by atoms with E-state index in [9.17, 15) is 4.79 Å². The van der Waals surface area contributed by atoms with Gasteiger partial charge in [0.05, 0.1) is 11.9 Å². The first kappa shape index (κ1) is 15.4. The summed E-state index contributed by atoms with van der Waals surface area (Å²) in [7, 11) is 0. The number of nitrogens with zero attached hydrogens (tertiary/aromatic N) is 1. The Morgan fingerprint density at radius 2 is 1.80 bits per heavy atom. The SMILES string of the molecule is CC(Sc1ccc(CO)cc1)C(=O)N1CCCCCC1. The molecule has 2 rings (SSSR count). The molecule has 3 nitrogen and oxygen atoms in total. The number of hydrogen-bond acceptors (Lipinski definition) is 3. The van der Waals surface area contributed by atoms with Crippen LogP contribution in [0.3, 0.4) is 0 Å². The molecule has 1 N–H and O–H groups in total. The maximum Gasteiger partial charge on any atom is 0.235 e. The zero-order chi connectivity index (χ0) is 14.4. The van der Waals surface area contributed by atoms with Gasteiger partial charge >= 0.3 is 0 Å². The molecule has 1 atom stereocenters. The Hall–Kier alpha value is -1.00. The molecule has 110 valence electrons. The van der Waals surface area contributed by atoms with Gasteiger partial charge in [-0.15, -0.1) is 11.8 Å². The second-order valence-corrected chi connectivity index (χ2v) is 6.72. The van der Waals surface area contributed by atoms with Gasteiger partial charge in [0.1, 0.15) is 0 Å². The number of hydrogen-bond donors (Lipinski definition) is 1. The summed E-state index contributed by atoms with van der Waals surface area (Å²) in [6.07, 6.45) is 4.75. The molecule has 1 saturated heterocycles. The number of carbonyl (C=O) groups excluding carboxylic acids is 1. The van der Waals surface area contributed by atoms with Crippen LogP contribution in [0.4, 0.5) is 0 Å². The van der Waals surface area contributed by atoms with Crippen molar-refractivity contribution in [3.05, 3.63) is 29.8 Å². The van der Waals surface area contributed by atoms with Crippen LogP contribution in [0.5, 0.6) is 0 Å². The normalized spacial score (nSPS) is 17.6. The molecule has 1 aliphatic rings. The van der Waals surface area contributed by atoms with Crippen molar-refractivity contribution in [2.45, 2.75) is 49.4 Å². The number of aliphatic hydroxyl groups is 1. The Balaban J connectivity index is 1.92. The number of benzene rings is 1. The Morgan fingerprint density at radius 3 is 2.35 bits per heavy atom. The molecule has 0 radical (unpaired) electrons. The van der Waals surface area contributed by atoms with E-state index in [2.05, 4.69) is 0 Å². The third-order valence-electron chi connectivity index (χ3n) is 3.68. The first-order chi connectivity index (χ1) is 9.70. The number of likely N-dealkylation sites (tertiary alicyclic amines) is 1. The Bertz CT molecular complexity index is 425. The van der Waals surface area contributed by atoms with E-state index in [0.29, 0.717) is 0 Å². The highest BCUT2D eigenvalue weighted by molar-refractivity contribution is 8.00.